The minimum atomic E-state index is -0.688. The molecule has 0 saturated carbocycles. The highest BCUT2D eigenvalue weighted by molar-refractivity contribution is 7.99. The second-order valence-electron chi connectivity index (χ2n) is 6.17. The zero-order chi connectivity index (χ0) is 21.8. The average molecular weight is 430 g/mol. The van der Waals surface area contributed by atoms with Crippen LogP contribution in [0.5, 0.6) is 0 Å². The molecule has 156 valence electrons. The lowest BCUT2D eigenvalue weighted by Crippen LogP contribution is -2.11. The maximum atomic E-state index is 12.6. The number of imidazole rings is 2. The van der Waals surface area contributed by atoms with Gasteiger partial charge in [-0.05, 0) is 35.5 Å². The Morgan fingerprint density at radius 2 is 2.03 bits per heavy atom. The first-order chi connectivity index (χ1) is 14.3. The Labute approximate surface area is 174 Å². The van der Waals surface area contributed by atoms with E-state index in [4.69, 9.17) is 10.5 Å². The quantitative estimate of drug-likeness (QED) is 0.237. The number of hydrogen-bond acceptors (Lipinski definition) is 9. The Bertz CT molecular complexity index is 1100. The lowest BCUT2D eigenvalue weighted by atomic mass is 10.1. The third-order valence-corrected chi connectivity index (χ3v) is 5.01. The molecule has 0 bridgehead atoms. The Morgan fingerprint density at radius 1 is 1.33 bits per heavy atom. The van der Waals surface area contributed by atoms with Crippen LogP contribution >= 0.6 is 11.8 Å². The highest BCUT2D eigenvalue weighted by Gasteiger charge is 2.26. The summed E-state index contributed by atoms with van der Waals surface area (Å²) in [6, 6.07) is 6.99. The maximum Gasteiger partial charge on any atom is 0.396 e. The largest absolute Gasteiger partial charge is 0.461 e. The second kappa shape index (κ2) is 8.78. The lowest BCUT2D eigenvalue weighted by Gasteiger charge is -2.05. The van der Waals surface area contributed by atoms with Gasteiger partial charge in [-0.2, -0.15) is 0 Å². The summed E-state index contributed by atoms with van der Waals surface area (Å²) in [6.45, 7) is 3.54. The second-order valence-corrected chi connectivity index (χ2v) is 7.15. The van der Waals surface area contributed by atoms with Gasteiger partial charge >= 0.3 is 11.8 Å². The minimum absolute atomic E-state index is 0.0520. The van der Waals surface area contributed by atoms with Crippen LogP contribution in [0.4, 0.5) is 11.6 Å². The van der Waals surface area contributed by atoms with Crippen LogP contribution in [0.2, 0.25) is 0 Å². The molecule has 3 aromatic rings. The smallest absolute Gasteiger partial charge is 0.396 e. The Morgan fingerprint density at radius 3 is 2.67 bits per heavy atom. The standard InChI is InChI=1S/C18H18N6O5S/c1-3-29-17(26)13-14(19)22-18(21-13)30-16-15(24(27)28)20-9-23(16)8-12(25)11-6-4-10(2)5-7-11/h4-7,9H,3,8,19H2,1-2H3,(H,21,22). The van der Waals surface area contributed by atoms with Crippen molar-refractivity contribution in [3.8, 4) is 0 Å². The molecule has 0 aliphatic heterocycles. The van der Waals surface area contributed by atoms with E-state index in [-0.39, 0.29) is 40.6 Å². The molecule has 2 aromatic heterocycles. The summed E-state index contributed by atoms with van der Waals surface area (Å²) in [6.07, 6.45) is 1.21. The number of H-pyrrole nitrogens is 1. The molecule has 0 spiro atoms. The van der Waals surface area contributed by atoms with E-state index in [1.54, 1.807) is 19.1 Å². The number of hydrogen-bond donors (Lipinski definition) is 2. The fourth-order valence-electron chi connectivity index (χ4n) is 2.55. The van der Waals surface area contributed by atoms with E-state index in [2.05, 4.69) is 15.0 Å². The van der Waals surface area contributed by atoms with Gasteiger partial charge in [-0.15, -0.1) is 0 Å². The molecule has 0 fully saturated rings. The number of ether oxygens (including phenoxy) is 1. The van der Waals surface area contributed by atoms with Crippen LogP contribution in [0.1, 0.15) is 33.3 Å². The molecule has 3 N–H and O–H groups in total. The third-order valence-electron chi connectivity index (χ3n) is 4.01. The number of nitrogen functional groups attached to an aromatic ring is 1. The molecule has 12 heteroatoms. The number of Topliss-reactive ketones (excluding diaryl/α,β-unsaturated/α-hetero) is 1. The number of nitrogens with zero attached hydrogens (tertiary/aromatic N) is 4. The summed E-state index contributed by atoms with van der Waals surface area (Å²) < 4.78 is 6.24. The number of carbonyl (C=O) groups is 2. The highest BCUT2D eigenvalue weighted by Crippen LogP contribution is 2.33. The van der Waals surface area contributed by atoms with Crippen molar-refractivity contribution in [2.75, 3.05) is 12.3 Å². The molecule has 0 aliphatic carbocycles. The molecule has 30 heavy (non-hydrogen) atoms. The summed E-state index contributed by atoms with van der Waals surface area (Å²) in [5, 5.41) is 11.6. The molecule has 3 rings (SSSR count). The van der Waals surface area contributed by atoms with Crippen molar-refractivity contribution >= 4 is 35.2 Å². The number of aromatic nitrogens is 4. The Hall–Kier alpha value is -3.67. The van der Waals surface area contributed by atoms with E-state index in [1.807, 2.05) is 19.1 Å². The van der Waals surface area contributed by atoms with E-state index < -0.39 is 16.7 Å². The molecule has 0 unspecified atom stereocenters. The lowest BCUT2D eigenvalue weighted by molar-refractivity contribution is -0.392. The summed E-state index contributed by atoms with van der Waals surface area (Å²) in [5.41, 5.74) is 7.17. The number of nitro groups is 1. The van der Waals surface area contributed by atoms with Gasteiger partial charge in [0.15, 0.2) is 27.5 Å². The summed E-state index contributed by atoms with van der Waals surface area (Å²) in [7, 11) is 0. The van der Waals surface area contributed by atoms with E-state index in [1.165, 1.54) is 10.9 Å². The first kappa shape index (κ1) is 21.0. The molecular formula is C18H18N6O5S. The van der Waals surface area contributed by atoms with Crippen LogP contribution in [0.3, 0.4) is 0 Å². The van der Waals surface area contributed by atoms with Gasteiger partial charge in [0.2, 0.25) is 6.33 Å². The van der Waals surface area contributed by atoms with Gasteiger partial charge < -0.3 is 25.6 Å². The van der Waals surface area contributed by atoms with E-state index in [9.17, 15) is 19.7 Å². The van der Waals surface area contributed by atoms with Crippen molar-refractivity contribution in [2.24, 2.45) is 0 Å². The number of rotatable bonds is 8. The summed E-state index contributed by atoms with van der Waals surface area (Å²) >= 11 is 0.838. The van der Waals surface area contributed by atoms with Gasteiger partial charge in [0.05, 0.1) is 13.2 Å². The average Bonchev–Trinajstić information content (AvgIpc) is 3.26. The van der Waals surface area contributed by atoms with Gasteiger partial charge in [-0.3, -0.25) is 9.36 Å². The van der Waals surface area contributed by atoms with Crippen LogP contribution in [0.15, 0.2) is 40.8 Å². The molecule has 0 amide bonds. The van der Waals surface area contributed by atoms with Crippen molar-refractivity contribution in [1.82, 2.24) is 19.5 Å². The normalized spacial score (nSPS) is 10.7. The summed E-state index contributed by atoms with van der Waals surface area (Å²) in [5.74, 6) is -1.47. The number of aryl methyl sites for hydroxylation is 1. The minimum Gasteiger partial charge on any atom is -0.461 e. The molecule has 0 radical (unpaired) electrons. The predicted octanol–water partition coefficient (Wildman–Crippen LogP) is 2.62. The van der Waals surface area contributed by atoms with E-state index in [0.717, 1.165) is 17.3 Å². The number of aromatic amines is 1. The molecule has 0 atom stereocenters. The number of carbonyl (C=O) groups excluding carboxylic acids is 2. The maximum absolute atomic E-state index is 12.6. The van der Waals surface area contributed by atoms with Crippen LogP contribution in [-0.4, -0.2) is 42.8 Å². The van der Waals surface area contributed by atoms with Gasteiger partial charge in [0.25, 0.3) is 0 Å². The van der Waals surface area contributed by atoms with E-state index >= 15 is 0 Å². The van der Waals surface area contributed by atoms with E-state index in [0.29, 0.717) is 5.56 Å². The molecule has 0 aliphatic rings. The van der Waals surface area contributed by atoms with Crippen LogP contribution in [0.25, 0.3) is 0 Å². The van der Waals surface area contributed by atoms with Gasteiger partial charge in [-0.1, -0.05) is 29.8 Å². The van der Waals surface area contributed by atoms with Gasteiger partial charge in [0.1, 0.15) is 0 Å². The molecule has 0 saturated heterocycles. The van der Waals surface area contributed by atoms with Gasteiger partial charge in [0, 0.05) is 5.56 Å². The first-order valence-corrected chi connectivity index (χ1v) is 9.61. The number of nitrogens with two attached hydrogens (primary N) is 1. The van der Waals surface area contributed by atoms with Crippen molar-refractivity contribution in [1.29, 1.82) is 0 Å². The zero-order valence-corrected chi connectivity index (χ0v) is 16.9. The third kappa shape index (κ3) is 4.49. The highest BCUT2D eigenvalue weighted by atomic mass is 32.2. The van der Waals surface area contributed by atoms with Crippen molar-refractivity contribution < 1.29 is 19.2 Å². The number of ketones is 1. The monoisotopic (exact) mass is 430 g/mol. The predicted molar refractivity (Wildman–Crippen MR) is 107 cm³/mol. The topological polar surface area (TPSA) is 159 Å². The fourth-order valence-corrected chi connectivity index (χ4v) is 3.48. The number of esters is 1. The SMILES string of the molecule is CCOC(=O)c1[nH]c(Sc2c([N+](=O)[O-])ncn2CC(=O)c2ccc(C)cc2)nc1N. The van der Waals surface area contributed by atoms with Crippen molar-refractivity contribution in [3.05, 3.63) is 57.5 Å². The van der Waals surface area contributed by atoms with Crippen LogP contribution in [-0.2, 0) is 11.3 Å². The van der Waals surface area contributed by atoms with Crippen molar-refractivity contribution in [3.63, 3.8) is 0 Å². The van der Waals surface area contributed by atoms with Crippen molar-refractivity contribution in [2.45, 2.75) is 30.6 Å². The Kier molecular flexibility index (Phi) is 6.16. The fraction of sp³-hybridized carbons (Fsp3) is 0.222. The number of benzene rings is 1. The molecular weight excluding hydrogens is 412 g/mol. The summed E-state index contributed by atoms with van der Waals surface area (Å²) in [4.78, 5) is 45.7. The number of nitrogens with one attached hydrogen (secondary N) is 1. The molecule has 1 aromatic carbocycles. The zero-order valence-electron chi connectivity index (χ0n) is 16.1. The number of anilines is 1. The first-order valence-electron chi connectivity index (χ1n) is 8.80. The van der Waals surface area contributed by atoms with Gasteiger partial charge in [-0.25, -0.2) is 9.78 Å². The molecule has 2 heterocycles. The Balaban J connectivity index is 1.89. The van der Waals surface area contributed by atoms with Crippen LogP contribution < -0.4 is 5.73 Å². The van der Waals surface area contributed by atoms with Crippen LogP contribution in [0, 0.1) is 17.0 Å². The molecule has 11 nitrogen and oxygen atoms in total.